The van der Waals surface area contributed by atoms with Crippen LogP contribution in [0.5, 0.6) is 5.75 Å². The Hall–Kier alpha value is -3.52. The molecule has 0 amide bonds. The number of nitrogens with zero attached hydrogens (tertiary/aromatic N) is 4. The van der Waals surface area contributed by atoms with E-state index in [1.54, 1.807) is 11.3 Å². The molecule has 0 unspecified atom stereocenters. The predicted molar refractivity (Wildman–Crippen MR) is 138 cm³/mol. The minimum atomic E-state index is 0.0751. The number of nitrogen functional groups attached to an aromatic ring is 1. The van der Waals surface area contributed by atoms with Gasteiger partial charge in [-0.25, -0.2) is 4.98 Å². The van der Waals surface area contributed by atoms with E-state index in [-0.39, 0.29) is 6.10 Å². The van der Waals surface area contributed by atoms with Gasteiger partial charge in [-0.3, -0.25) is 4.98 Å². The molecule has 2 aromatic heterocycles. The molecule has 0 radical (unpaired) electrons. The summed E-state index contributed by atoms with van der Waals surface area (Å²) in [6, 6.07) is 16.3. The number of anilines is 5. The minimum absolute atomic E-state index is 0.0751. The number of fused-ring (bicyclic) bond motifs is 1. The van der Waals surface area contributed by atoms with E-state index in [0.717, 1.165) is 53.0 Å². The largest absolute Gasteiger partial charge is 0.489 e. The van der Waals surface area contributed by atoms with E-state index in [2.05, 4.69) is 50.4 Å². The Balaban J connectivity index is 1.31. The normalized spacial score (nSPS) is 14.2. The van der Waals surface area contributed by atoms with Crippen molar-refractivity contribution in [3.05, 3.63) is 60.9 Å². The lowest BCUT2D eigenvalue weighted by atomic mass is 10.2. The van der Waals surface area contributed by atoms with Gasteiger partial charge >= 0.3 is 0 Å². The van der Waals surface area contributed by atoms with Crippen molar-refractivity contribution in [1.29, 1.82) is 0 Å². The van der Waals surface area contributed by atoms with Gasteiger partial charge in [-0.1, -0.05) is 11.3 Å². The summed E-state index contributed by atoms with van der Waals surface area (Å²) >= 11 is 1.63. The van der Waals surface area contributed by atoms with Crippen LogP contribution >= 0.6 is 11.3 Å². The Morgan fingerprint density at radius 1 is 0.939 bits per heavy atom. The van der Waals surface area contributed by atoms with Gasteiger partial charge in [0.15, 0.2) is 5.13 Å². The predicted octanol–water partition coefficient (Wildman–Crippen LogP) is 5.13. The lowest BCUT2D eigenvalue weighted by Crippen LogP contribution is -2.46. The average molecular weight is 461 g/mol. The van der Waals surface area contributed by atoms with Crippen LogP contribution in [-0.4, -0.2) is 42.3 Å². The average Bonchev–Trinajstić information content (AvgIpc) is 3.23. The van der Waals surface area contributed by atoms with Gasteiger partial charge < -0.3 is 25.6 Å². The fourth-order valence-corrected chi connectivity index (χ4v) is 4.92. The zero-order chi connectivity index (χ0) is 22.8. The van der Waals surface area contributed by atoms with Crippen LogP contribution in [0.3, 0.4) is 0 Å². The number of pyridine rings is 1. The quantitative estimate of drug-likeness (QED) is 0.386. The first kappa shape index (κ1) is 21.3. The fraction of sp³-hybridized carbons (Fsp3) is 0.280. The maximum atomic E-state index is 6.01. The van der Waals surface area contributed by atoms with Crippen molar-refractivity contribution < 1.29 is 4.74 Å². The molecule has 3 heterocycles. The van der Waals surface area contributed by atoms with Gasteiger partial charge in [-0.15, -0.1) is 0 Å². The number of aromatic nitrogens is 2. The molecule has 170 valence electrons. The summed E-state index contributed by atoms with van der Waals surface area (Å²) in [6.07, 6.45) is 3.78. The number of piperazine rings is 1. The summed E-state index contributed by atoms with van der Waals surface area (Å²) in [5, 5.41) is 4.23. The highest BCUT2D eigenvalue weighted by atomic mass is 32.1. The molecule has 1 aliphatic rings. The highest BCUT2D eigenvalue weighted by molar-refractivity contribution is 7.22. The molecular formula is C25H28N6OS. The molecule has 1 aliphatic heterocycles. The first-order chi connectivity index (χ1) is 16.0. The Kier molecular flexibility index (Phi) is 5.92. The van der Waals surface area contributed by atoms with Gasteiger partial charge in [0.2, 0.25) is 0 Å². The topological polar surface area (TPSA) is 79.5 Å². The van der Waals surface area contributed by atoms with Crippen molar-refractivity contribution in [3.8, 4) is 5.75 Å². The van der Waals surface area contributed by atoms with Crippen LogP contribution in [-0.2, 0) is 0 Å². The number of nitrogens with two attached hydrogens (primary N) is 1. The number of ether oxygens (including phenoxy) is 1. The lowest BCUT2D eigenvalue weighted by molar-refractivity contribution is 0.244. The highest BCUT2D eigenvalue weighted by Gasteiger charge is 2.18. The third-order valence-electron chi connectivity index (χ3n) is 5.65. The molecule has 7 nitrogen and oxygen atoms in total. The molecule has 4 aromatic rings. The zero-order valence-electron chi connectivity index (χ0n) is 18.9. The van der Waals surface area contributed by atoms with Gasteiger partial charge in [0.25, 0.3) is 0 Å². The summed E-state index contributed by atoms with van der Waals surface area (Å²) in [4.78, 5) is 13.8. The monoisotopic (exact) mass is 460 g/mol. The van der Waals surface area contributed by atoms with Crippen molar-refractivity contribution in [2.24, 2.45) is 0 Å². The van der Waals surface area contributed by atoms with Crippen molar-refractivity contribution in [1.82, 2.24) is 9.97 Å². The van der Waals surface area contributed by atoms with Crippen molar-refractivity contribution in [2.45, 2.75) is 20.0 Å². The first-order valence-corrected chi connectivity index (χ1v) is 12.0. The van der Waals surface area contributed by atoms with Gasteiger partial charge in [-0.2, -0.15) is 0 Å². The second-order valence-corrected chi connectivity index (χ2v) is 9.43. The van der Waals surface area contributed by atoms with Crippen molar-refractivity contribution >= 4 is 49.4 Å². The van der Waals surface area contributed by atoms with Crippen LogP contribution in [0.15, 0.2) is 60.9 Å². The van der Waals surface area contributed by atoms with Gasteiger partial charge in [-0.05, 0) is 62.4 Å². The lowest BCUT2D eigenvalue weighted by Gasteiger charge is -2.37. The van der Waals surface area contributed by atoms with E-state index in [0.29, 0.717) is 5.69 Å². The van der Waals surface area contributed by atoms with Gasteiger partial charge in [0.1, 0.15) is 5.75 Å². The number of benzene rings is 2. The van der Waals surface area contributed by atoms with E-state index < -0.39 is 0 Å². The molecule has 1 fully saturated rings. The Morgan fingerprint density at radius 2 is 1.67 bits per heavy atom. The second kappa shape index (κ2) is 9.15. The molecule has 1 saturated heterocycles. The van der Waals surface area contributed by atoms with Crippen LogP contribution in [0.2, 0.25) is 0 Å². The molecule has 0 bridgehead atoms. The molecule has 33 heavy (non-hydrogen) atoms. The molecule has 5 rings (SSSR count). The summed E-state index contributed by atoms with van der Waals surface area (Å²) in [7, 11) is 0. The summed E-state index contributed by atoms with van der Waals surface area (Å²) in [6.45, 7) is 7.94. The molecular weight excluding hydrogens is 432 g/mol. The summed E-state index contributed by atoms with van der Waals surface area (Å²) in [5.74, 6) is 0.770. The SMILES string of the molecule is CC(C)Oc1ccc(N)cc1Nc1nc2cc(N3CCN(c4ccncc4)CC3)ccc2s1. The van der Waals surface area contributed by atoms with E-state index in [9.17, 15) is 0 Å². The maximum Gasteiger partial charge on any atom is 0.188 e. The summed E-state index contributed by atoms with van der Waals surface area (Å²) in [5.41, 5.74) is 11.0. The molecule has 0 saturated carbocycles. The zero-order valence-corrected chi connectivity index (χ0v) is 19.7. The highest BCUT2D eigenvalue weighted by Crippen LogP contribution is 2.35. The maximum absolute atomic E-state index is 6.01. The molecule has 0 aliphatic carbocycles. The molecule has 2 aromatic carbocycles. The Morgan fingerprint density at radius 3 is 2.39 bits per heavy atom. The van der Waals surface area contributed by atoms with Gasteiger partial charge in [0.05, 0.1) is 22.0 Å². The minimum Gasteiger partial charge on any atom is -0.489 e. The van der Waals surface area contributed by atoms with E-state index in [4.69, 9.17) is 15.5 Å². The smallest absolute Gasteiger partial charge is 0.188 e. The third kappa shape index (κ3) is 4.80. The number of thiazole rings is 1. The van der Waals surface area contributed by atoms with Gasteiger partial charge in [0, 0.05) is 55.6 Å². The number of hydrogen-bond donors (Lipinski definition) is 2. The number of rotatable bonds is 6. The van der Waals surface area contributed by atoms with Crippen molar-refractivity contribution in [3.63, 3.8) is 0 Å². The molecule has 0 spiro atoms. The molecule has 3 N–H and O–H groups in total. The molecule has 8 heteroatoms. The van der Waals surface area contributed by atoms with Crippen LogP contribution in [0.1, 0.15) is 13.8 Å². The Labute approximate surface area is 197 Å². The molecule has 0 atom stereocenters. The summed E-state index contributed by atoms with van der Waals surface area (Å²) < 4.78 is 7.08. The van der Waals surface area contributed by atoms with Crippen LogP contribution in [0.25, 0.3) is 10.2 Å². The van der Waals surface area contributed by atoms with E-state index in [1.165, 1.54) is 11.4 Å². The van der Waals surface area contributed by atoms with Crippen LogP contribution in [0, 0.1) is 0 Å². The van der Waals surface area contributed by atoms with E-state index in [1.807, 2.05) is 44.4 Å². The standard InChI is InChI=1S/C25H28N6OS/c1-17(2)32-23-5-3-18(26)15-21(23)28-25-29-22-16-20(4-6-24(22)33-25)31-13-11-30(12-14-31)19-7-9-27-10-8-19/h3-10,15-17H,11-14,26H2,1-2H3,(H,28,29). The fourth-order valence-electron chi connectivity index (χ4n) is 4.06. The number of nitrogens with one attached hydrogen (secondary N) is 1. The van der Waals surface area contributed by atoms with E-state index >= 15 is 0 Å². The second-order valence-electron chi connectivity index (χ2n) is 8.40. The Bertz CT molecular complexity index is 1230. The van der Waals surface area contributed by atoms with Crippen LogP contribution < -0.4 is 25.6 Å². The van der Waals surface area contributed by atoms with Crippen LogP contribution in [0.4, 0.5) is 27.9 Å². The number of hydrogen-bond acceptors (Lipinski definition) is 8. The van der Waals surface area contributed by atoms with Crippen molar-refractivity contribution in [2.75, 3.05) is 47.0 Å². The first-order valence-electron chi connectivity index (χ1n) is 11.2. The third-order valence-corrected chi connectivity index (χ3v) is 6.60.